The number of nitrogens with two attached hydrogens (primary N) is 1. The minimum atomic E-state index is -0.427. The first kappa shape index (κ1) is 9.54. The van der Waals surface area contributed by atoms with Gasteiger partial charge in [0.15, 0.2) is 0 Å². The second-order valence-corrected chi connectivity index (χ2v) is 3.30. The summed E-state index contributed by atoms with van der Waals surface area (Å²) in [6.45, 7) is 0. The molecule has 5 nitrogen and oxygen atoms in total. The van der Waals surface area contributed by atoms with E-state index in [2.05, 4.69) is 5.32 Å². The second kappa shape index (κ2) is 3.62. The summed E-state index contributed by atoms with van der Waals surface area (Å²) < 4.78 is 1.99. The molecule has 0 unspecified atom stereocenters. The molecule has 78 valence electrons. The van der Waals surface area contributed by atoms with Crippen molar-refractivity contribution in [3.8, 4) is 0 Å². The maximum atomic E-state index is 11.0. The molecule has 2 amide bonds. The van der Waals surface area contributed by atoms with E-state index < -0.39 is 6.03 Å². The molecular weight excluding hydrogens is 192 g/mol. The molecule has 15 heavy (non-hydrogen) atoms. The van der Waals surface area contributed by atoms with Crippen molar-refractivity contribution in [3.63, 3.8) is 0 Å². The molecule has 1 aromatic carbocycles. The number of amides is 2. The lowest BCUT2D eigenvalue weighted by molar-refractivity contribution is 0.252. The lowest BCUT2D eigenvalue weighted by atomic mass is 10.2. The number of rotatable bonds is 1. The highest BCUT2D eigenvalue weighted by Crippen LogP contribution is 2.19. The van der Waals surface area contributed by atoms with Gasteiger partial charge in [0.1, 0.15) is 0 Å². The molecule has 5 heteroatoms. The fraction of sp³-hybridized carbons (Fsp3) is 0.100. The molecule has 0 radical (unpaired) electrons. The summed E-state index contributed by atoms with van der Waals surface area (Å²) in [5, 5.41) is 3.75. The number of urea groups is 1. The fourth-order valence-corrected chi connectivity index (χ4v) is 1.51. The number of aryl methyl sites for hydroxylation is 1. The number of hydrogen-bond acceptors (Lipinski definition) is 2. The summed E-state index contributed by atoms with van der Waals surface area (Å²) in [5.74, 6) is 4.98. The van der Waals surface area contributed by atoms with Gasteiger partial charge in [-0.2, -0.15) is 0 Å². The summed E-state index contributed by atoms with van der Waals surface area (Å²) >= 11 is 0. The van der Waals surface area contributed by atoms with Gasteiger partial charge < -0.3 is 9.88 Å². The molecule has 1 aromatic heterocycles. The van der Waals surface area contributed by atoms with Crippen LogP contribution in [0, 0.1) is 0 Å². The Morgan fingerprint density at radius 2 is 2.20 bits per heavy atom. The third kappa shape index (κ3) is 1.77. The van der Waals surface area contributed by atoms with Gasteiger partial charge in [0.05, 0.1) is 0 Å². The second-order valence-electron chi connectivity index (χ2n) is 3.30. The van der Waals surface area contributed by atoms with Crippen molar-refractivity contribution < 1.29 is 4.79 Å². The normalized spacial score (nSPS) is 10.3. The Morgan fingerprint density at radius 3 is 2.93 bits per heavy atom. The van der Waals surface area contributed by atoms with E-state index in [4.69, 9.17) is 5.84 Å². The van der Waals surface area contributed by atoms with E-state index in [9.17, 15) is 4.79 Å². The Balaban J connectivity index is 2.37. The molecule has 0 saturated carbocycles. The zero-order chi connectivity index (χ0) is 10.8. The highest BCUT2D eigenvalue weighted by Gasteiger charge is 2.02. The zero-order valence-electron chi connectivity index (χ0n) is 8.32. The Hall–Kier alpha value is -2.01. The quantitative estimate of drug-likeness (QED) is 0.370. The molecule has 0 aliphatic rings. The summed E-state index contributed by atoms with van der Waals surface area (Å²) in [6, 6.07) is 7.26. The minimum Gasteiger partial charge on any atom is -0.350 e. The standard InChI is InChI=1S/C10H12N4O/c1-14-5-4-7-2-3-8(6-9(7)14)12-10(15)13-11/h2-6H,11H2,1H3,(H2,12,13,15). The molecule has 0 aliphatic heterocycles. The van der Waals surface area contributed by atoms with Gasteiger partial charge in [-0.1, -0.05) is 6.07 Å². The summed E-state index contributed by atoms with van der Waals surface area (Å²) in [7, 11) is 1.95. The number of aromatic nitrogens is 1. The first-order valence-corrected chi connectivity index (χ1v) is 4.53. The smallest absolute Gasteiger partial charge is 0.333 e. The Morgan fingerprint density at radius 1 is 1.40 bits per heavy atom. The van der Waals surface area contributed by atoms with Gasteiger partial charge in [0.25, 0.3) is 0 Å². The van der Waals surface area contributed by atoms with Gasteiger partial charge in [-0.25, -0.2) is 10.6 Å². The number of carbonyl (C=O) groups is 1. The molecular formula is C10H12N4O. The SMILES string of the molecule is Cn1ccc2ccc(NC(=O)NN)cc21. The van der Waals surface area contributed by atoms with Crippen LogP contribution in [-0.2, 0) is 7.05 Å². The Kier molecular flexibility index (Phi) is 2.31. The maximum absolute atomic E-state index is 11.0. The lowest BCUT2D eigenvalue weighted by Crippen LogP contribution is -2.34. The topological polar surface area (TPSA) is 72.1 Å². The maximum Gasteiger partial charge on any atom is 0.333 e. The number of nitrogens with zero attached hydrogens (tertiary/aromatic N) is 1. The third-order valence-electron chi connectivity index (χ3n) is 2.28. The van der Waals surface area contributed by atoms with Crippen molar-refractivity contribution in [2.24, 2.45) is 12.9 Å². The number of hydrogen-bond donors (Lipinski definition) is 3. The molecule has 0 aliphatic carbocycles. The molecule has 0 spiro atoms. The largest absolute Gasteiger partial charge is 0.350 e. The predicted molar refractivity (Wildman–Crippen MR) is 59.3 cm³/mol. The van der Waals surface area contributed by atoms with Crippen LogP contribution in [0.15, 0.2) is 30.5 Å². The van der Waals surface area contributed by atoms with E-state index in [1.807, 2.05) is 47.5 Å². The van der Waals surface area contributed by atoms with Crippen LogP contribution >= 0.6 is 0 Å². The number of hydrazine groups is 1. The zero-order valence-corrected chi connectivity index (χ0v) is 8.32. The molecule has 2 rings (SSSR count). The molecule has 2 aromatic rings. The summed E-state index contributed by atoms with van der Waals surface area (Å²) in [6.07, 6.45) is 1.97. The molecule has 0 fully saturated rings. The molecule has 0 bridgehead atoms. The van der Waals surface area contributed by atoms with Crippen LogP contribution in [0.3, 0.4) is 0 Å². The van der Waals surface area contributed by atoms with Crippen molar-refractivity contribution in [1.82, 2.24) is 9.99 Å². The van der Waals surface area contributed by atoms with Crippen LogP contribution < -0.4 is 16.6 Å². The highest BCUT2D eigenvalue weighted by molar-refractivity contribution is 5.92. The predicted octanol–water partition coefficient (Wildman–Crippen LogP) is 1.17. The number of fused-ring (bicyclic) bond motifs is 1. The monoisotopic (exact) mass is 204 g/mol. The van der Waals surface area contributed by atoms with Crippen LogP contribution in [0.1, 0.15) is 0 Å². The van der Waals surface area contributed by atoms with Gasteiger partial charge in [-0.3, -0.25) is 5.43 Å². The lowest BCUT2D eigenvalue weighted by Gasteiger charge is -2.04. The Bertz CT molecular complexity index is 503. The molecule has 0 atom stereocenters. The minimum absolute atomic E-state index is 0.427. The highest BCUT2D eigenvalue weighted by atomic mass is 16.2. The van der Waals surface area contributed by atoms with E-state index in [1.54, 1.807) is 0 Å². The van der Waals surface area contributed by atoms with Crippen LogP contribution in [0.4, 0.5) is 10.5 Å². The van der Waals surface area contributed by atoms with Gasteiger partial charge in [-0.15, -0.1) is 0 Å². The Labute approximate surface area is 86.8 Å². The van der Waals surface area contributed by atoms with Crippen LogP contribution in [0.25, 0.3) is 10.9 Å². The van der Waals surface area contributed by atoms with Crippen molar-refractivity contribution in [2.75, 3.05) is 5.32 Å². The number of carbonyl (C=O) groups excluding carboxylic acids is 1. The third-order valence-corrected chi connectivity index (χ3v) is 2.28. The molecule has 1 heterocycles. The average Bonchev–Trinajstić information content (AvgIpc) is 2.60. The average molecular weight is 204 g/mol. The van der Waals surface area contributed by atoms with Crippen LogP contribution in [0.5, 0.6) is 0 Å². The number of nitrogens with one attached hydrogen (secondary N) is 2. The first-order valence-electron chi connectivity index (χ1n) is 4.53. The van der Waals surface area contributed by atoms with Crippen LogP contribution in [0.2, 0.25) is 0 Å². The van der Waals surface area contributed by atoms with E-state index in [0.717, 1.165) is 10.9 Å². The van der Waals surface area contributed by atoms with E-state index in [1.165, 1.54) is 0 Å². The van der Waals surface area contributed by atoms with Crippen molar-refractivity contribution in [1.29, 1.82) is 0 Å². The van der Waals surface area contributed by atoms with Crippen LogP contribution in [-0.4, -0.2) is 10.6 Å². The van der Waals surface area contributed by atoms with Gasteiger partial charge in [0.2, 0.25) is 0 Å². The molecule has 4 N–H and O–H groups in total. The summed E-state index contributed by atoms with van der Waals surface area (Å²) in [5.41, 5.74) is 3.79. The number of anilines is 1. The van der Waals surface area contributed by atoms with Gasteiger partial charge in [-0.05, 0) is 23.6 Å². The number of benzene rings is 1. The van der Waals surface area contributed by atoms with Crippen molar-refractivity contribution in [2.45, 2.75) is 0 Å². The van der Waals surface area contributed by atoms with Gasteiger partial charge >= 0.3 is 6.03 Å². The van der Waals surface area contributed by atoms with E-state index in [-0.39, 0.29) is 0 Å². The molecule has 0 saturated heterocycles. The van der Waals surface area contributed by atoms with E-state index in [0.29, 0.717) is 5.69 Å². The van der Waals surface area contributed by atoms with E-state index >= 15 is 0 Å². The van der Waals surface area contributed by atoms with Crippen molar-refractivity contribution in [3.05, 3.63) is 30.5 Å². The van der Waals surface area contributed by atoms with Crippen molar-refractivity contribution >= 4 is 22.6 Å². The first-order chi connectivity index (χ1) is 7.20. The van der Waals surface area contributed by atoms with Gasteiger partial charge in [0, 0.05) is 24.4 Å². The summed E-state index contributed by atoms with van der Waals surface area (Å²) in [4.78, 5) is 11.0. The fourth-order valence-electron chi connectivity index (χ4n) is 1.51.